The van der Waals surface area contributed by atoms with E-state index < -0.39 is 10.0 Å². The minimum atomic E-state index is -3.50. The average Bonchev–Trinajstić information content (AvgIpc) is 2.85. The summed E-state index contributed by atoms with van der Waals surface area (Å²) in [5, 5.41) is 0.419. The molecule has 1 aliphatic rings. The molecule has 0 spiro atoms. The van der Waals surface area contributed by atoms with Gasteiger partial charge in [-0.05, 0) is 35.3 Å². The summed E-state index contributed by atoms with van der Waals surface area (Å²) < 4.78 is 32.5. The molecule has 8 heteroatoms. The van der Waals surface area contributed by atoms with Gasteiger partial charge in [0, 0.05) is 13.7 Å². The second kappa shape index (κ2) is 5.38. The molecule has 4 nitrogen and oxygen atoms in total. The normalized spacial score (nSPS) is 24.9. The molecule has 2 atom stereocenters. The number of hydrogen-bond acceptors (Lipinski definition) is 4. The topological polar surface area (TPSA) is 46.6 Å². The van der Waals surface area contributed by atoms with Crippen LogP contribution < -0.4 is 0 Å². The van der Waals surface area contributed by atoms with Crippen molar-refractivity contribution in [2.75, 3.05) is 13.7 Å². The fourth-order valence-corrected chi connectivity index (χ4v) is 6.00. The Kier molecular flexibility index (Phi) is 4.40. The molecule has 2 heterocycles. The monoisotopic (exact) mass is 373 g/mol. The van der Waals surface area contributed by atoms with Crippen LogP contribution in [0.3, 0.4) is 0 Å². The third-order valence-electron chi connectivity index (χ3n) is 3.06. The minimum absolute atomic E-state index is 0.0800. The van der Waals surface area contributed by atoms with Gasteiger partial charge in [-0.2, -0.15) is 4.31 Å². The smallest absolute Gasteiger partial charge is 0.252 e. The van der Waals surface area contributed by atoms with Crippen molar-refractivity contribution in [3.63, 3.8) is 0 Å². The molecule has 1 fully saturated rings. The van der Waals surface area contributed by atoms with Gasteiger partial charge in [0.05, 0.1) is 21.0 Å². The van der Waals surface area contributed by atoms with Crippen LogP contribution in [0.1, 0.15) is 13.3 Å². The summed E-state index contributed by atoms with van der Waals surface area (Å²) >= 11 is 10.2. The Balaban J connectivity index is 2.30. The molecule has 2 unspecified atom stereocenters. The van der Waals surface area contributed by atoms with Crippen LogP contribution >= 0.6 is 38.9 Å². The van der Waals surface area contributed by atoms with Gasteiger partial charge in [-0.15, -0.1) is 11.3 Å². The maximum absolute atomic E-state index is 12.4. The van der Waals surface area contributed by atoms with E-state index in [0.29, 0.717) is 15.4 Å². The van der Waals surface area contributed by atoms with Gasteiger partial charge in [0.15, 0.2) is 0 Å². The SMILES string of the molecule is CC1OCCC1N(C)S(=O)(=O)c1cc(Cl)c(Br)s1. The number of hydrogen-bond donors (Lipinski definition) is 0. The van der Waals surface area contributed by atoms with Crippen LogP contribution in [0.2, 0.25) is 5.02 Å². The predicted molar refractivity (Wildman–Crippen MR) is 75.8 cm³/mol. The van der Waals surface area contributed by atoms with E-state index in [1.807, 2.05) is 6.92 Å². The van der Waals surface area contributed by atoms with Crippen molar-refractivity contribution in [2.45, 2.75) is 29.7 Å². The van der Waals surface area contributed by atoms with Crippen molar-refractivity contribution in [1.82, 2.24) is 4.31 Å². The Morgan fingerprint density at radius 1 is 1.61 bits per heavy atom. The number of rotatable bonds is 3. The average molecular weight is 375 g/mol. The first-order chi connectivity index (χ1) is 8.34. The lowest BCUT2D eigenvalue weighted by Gasteiger charge is -2.25. The molecule has 1 aromatic heterocycles. The molecule has 1 aromatic rings. The second-order valence-electron chi connectivity index (χ2n) is 4.14. The van der Waals surface area contributed by atoms with Gasteiger partial charge >= 0.3 is 0 Å². The minimum Gasteiger partial charge on any atom is -0.377 e. The van der Waals surface area contributed by atoms with E-state index in [4.69, 9.17) is 16.3 Å². The number of nitrogens with zero attached hydrogens (tertiary/aromatic N) is 1. The van der Waals surface area contributed by atoms with Gasteiger partial charge in [0.1, 0.15) is 4.21 Å². The summed E-state index contributed by atoms with van der Waals surface area (Å²) in [7, 11) is -1.91. The molecule has 0 N–H and O–H groups in total. The number of halogens is 2. The summed E-state index contributed by atoms with van der Waals surface area (Å²) in [4.78, 5) is 0. The number of thiophene rings is 1. The third kappa shape index (κ3) is 2.62. The molecule has 1 saturated heterocycles. The zero-order valence-corrected chi connectivity index (χ0v) is 13.9. The molecule has 1 aliphatic heterocycles. The van der Waals surface area contributed by atoms with E-state index in [1.165, 1.54) is 10.4 Å². The molecule has 0 aliphatic carbocycles. The van der Waals surface area contributed by atoms with Crippen molar-refractivity contribution < 1.29 is 13.2 Å². The van der Waals surface area contributed by atoms with Gasteiger partial charge in [-0.1, -0.05) is 11.6 Å². The second-order valence-corrected chi connectivity index (χ2v) is 9.14. The Labute approximate surface area is 124 Å². The van der Waals surface area contributed by atoms with Crippen LogP contribution in [-0.4, -0.2) is 38.5 Å². The first-order valence-corrected chi connectivity index (χ1v) is 8.81. The molecule has 0 amide bonds. The number of sulfonamides is 1. The highest BCUT2D eigenvalue weighted by molar-refractivity contribution is 9.11. The van der Waals surface area contributed by atoms with Gasteiger partial charge in [-0.3, -0.25) is 0 Å². The fraction of sp³-hybridized carbons (Fsp3) is 0.600. The van der Waals surface area contributed by atoms with Gasteiger partial charge in [-0.25, -0.2) is 8.42 Å². The van der Waals surface area contributed by atoms with E-state index >= 15 is 0 Å². The Bertz CT molecular complexity index is 526. The molecule has 0 aromatic carbocycles. The zero-order valence-electron chi connectivity index (χ0n) is 9.89. The van der Waals surface area contributed by atoms with Crippen LogP contribution in [0.4, 0.5) is 0 Å². The van der Waals surface area contributed by atoms with Crippen molar-refractivity contribution in [1.29, 1.82) is 0 Å². The number of ether oxygens (including phenoxy) is 1. The summed E-state index contributed by atoms with van der Waals surface area (Å²) in [5.41, 5.74) is 0. The van der Waals surface area contributed by atoms with E-state index in [2.05, 4.69) is 15.9 Å². The molecule has 102 valence electrons. The van der Waals surface area contributed by atoms with Crippen LogP contribution in [-0.2, 0) is 14.8 Å². The van der Waals surface area contributed by atoms with Crippen LogP contribution in [0.5, 0.6) is 0 Å². The van der Waals surface area contributed by atoms with Crippen LogP contribution in [0.15, 0.2) is 14.1 Å². The third-order valence-corrected chi connectivity index (χ3v) is 7.87. The van der Waals surface area contributed by atoms with Crippen molar-refractivity contribution in [3.8, 4) is 0 Å². The summed E-state index contributed by atoms with van der Waals surface area (Å²) in [6.07, 6.45) is 0.639. The van der Waals surface area contributed by atoms with E-state index in [-0.39, 0.29) is 16.4 Å². The van der Waals surface area contributed by atoms with Gasteiger partial charge < -0.3 is 4.74 Å². The highest BCUT2D eigenvalue weighted by Gasteiger charge is 2.36. The van der Waals surface area contributed by atoms with E-state index in [0.717, 1.165) is 17.8 Å². The quantitative estimate of drug-likeness (QED) is 0.817. The standard InChI is InChI=1S/C10H13BrClNO3S2/c1-6-8(3-4-16-6)13(2)18(14,15)9-5-7(12)10(11)17-9/h5-6,8H,3-4H2,1-2H3. The lowest BCUT2D eigenvalue weighted by atomic mass is 10.2. The van der Waals surface area contributed by atoms with Crippen molar-refractivity contribution >= 4 is 48.9 Å². The van der Waals surface area contributed by atoms with E-state index in [9.17, 15) is 8.42 Å². The maximum atomic E-state index is 12.4. The molecule has 0 saturated carbocycles. The predicted octanol–water partition coefficient (Wildman–Crippen LogP) is 2.96. The molecule has 0 bridgehead atoms. The summed E-state index contributed by atoms with van der Waals surface area (Å²) in [6, 6.07) is 1.36. The molecular weight excluding hydrogens is 362 g/mol. The summed E-state index contributed by atoms with van der Waals surface area (Å²) in [5.74, 6) is 0. The van der Waals surface area contributed by atoms with Gasteiger partial charge in [0.2, 0.25) is 0 Å². The Morgan fingerprint density at radius 2 is 2.28 bits per heavy atom. The van der Waals surface area contributed by atoms with Crippen LogP contribution in [0.25, 0.3) is 0 Å². The van der Waals surface area contributed by atoms with E-state index in [1.54, 1.807) is 7.05 Å². The molecule has 0 radical (unpaired) electrons. The lowest BCUT2D eigenvalue weighted by Crippen LogP contribution is -2.40. The van der Waals surface area contributed by atoms with Crippen LogP contribution in [0, 0.1) is 0 Å². The Morgan fingerprint density at radius 3 is 2.72 bits per heavy atom. The highest BCUT2D eigenvalue weighted by Crippen LogP contribution is 2.36. The van der Waals surface area contributed by atoms with Gasteiger partial charge in [0.25, 0.3) is 10.0 Å². The largest absolute Gasteiger partial charge is 0.377 e. The lowest BCUT2D eigenvalue weighted by molar-refractivity contribution is 0.102. The molecule has 2 rings (SSSR count). The summed E-state index contributed by atoms with van der Waals surface area (Å²) in [6.45, 7) is 2.49. The first kappa shape index (κ1) is 14.7. The van der Waals surface area contributed by atoms with Crippen molar-refractivity contribution in [2.24, 2.45) is 0 Å². The zero-order chi connectivity index (χ0) is 13.5. The molecular formula is C10H13BrClNO3S2. The Hall–Kier alpha value is 0.340. The molecule has 18 heavy (non-hydrogen) atoms. The fourth-order valence-electron chi connectivity index (χ4n) is 1.97. The highest BCUT2D eigenvalue weighted by atomic mass is 79.9. The maximum Gasteiger partial charge on any atom is 0.252 e. The van der Waals surface area contributed by atoms with Crippen molar-refractivity contribution in [3.05, 3.63) is 14.9 Å². The first-order valence-electron chi connectivity index (χ1n) is 5.38. The number of likely N-dealkylation sites (N-methyl/N-ethyl adjacent to an activating group) is 1.